The zero-order chi connectivity index (χ0) is 15.8. The summed E-state index contributed by atoms with van der Waals surface area (Å²) in [6.45, 7) is 3.73. The van der Waals surface area contributed by atoms with Crippen molar-refractivity contribution in [3.05, 3.63) is 30.3 Å². The Balaban J connectivity index is 2.05. The molecule has 1 fully saturated rings. The molecule has 1 aliphatic heterocycles. The van der Waals surface area contributed by atoms with Gasteiger partial charge in [0.15, 0.2) is 0 Å². The van der Waals surface area contributed by atoms with Crippen LogP contribution in [0.4, 0.5) is 0 Å². The van der Waals surface area contributed by atoms with Gasteiger partial charge < -0.3 is 9.64 Å². The second kappa shape index (κ2) is 8.83. The second-order valence-corrected chi connectivity index (χ2v) is 6.59. The average Bonchev–Trinajstić information content (AvgIpc) is 2.55. The molecule has 1 unspecified atom stereocenters. The Morgan fingerprint density at radius 3 is 2.50 bits per heavy atom. The zero-order valence-electron chi connectivity index (χ0n) is 13.0. The van der Waals surface area contributed by atoms with E-state index in [4.69, 9.17) is 4.74 Å². The van der Waals surface area contributed by atoms with Crippen molar-refractivity contribution in [3.63, 3.8) is 0 Å². The maximum Gasteiger partial charge on any atom is 0.307 e. The van der Waals surface area contributed by atoms with Crippen LogP contribution in [-0.2, 0) is 14.3 Å². The summed E-state index contributed by atoms with van der Waals surface area (Å²) in [6, 6.07) is 9.75. The number of likely N-dealkylation sites (tertiary alicyclic amines) is 1. The highest BCUT2D eigenvalue weighted by Crippen LogP contribution is 2.28. The third kappa shape index (κ3) is 5.05. The number of nitrogens with zero attached hydrogens (tertiary/aromatic N) is 1. The molecule has 2 rings (SSSR count). The molecule has 0 radical (unpaired) electrons. The van der Waals surface area contributed by atoms with E-state index in [2.05, 4.69) is 0 Å². The monoisotopic (exact) mass is 321 g/mol. The van der Waals surface area contributed by atoms with E-state index in [1.807, 2.05) is 35.2 Å². The minimum atomic E-state index is -0.403. The number of hydrogen-bond donors (Lipinski definition) is 0. The number of benzene rings is 1. The normalized spacial score (nSPS) is 16.1. The number of carbonyl (C=O) groups excluding carboxylic acids is 2. The van der Waals surface area contributed by atoms with Crippen molar-refractivity contribution in [3.8, 4) is 0 Å². The Kier molecular flexibility index (Phi) is 6.77. The first-order valence-electron chi connectivity index (χ1n) is 7.87. The van der Waals surface area contributed by atoms with Crippen molar-refractivity contribution in [2.75, 3.05) is 19.7 Å². The van der Waals surface area contributed by atoms with Gasteiger partial charge in [0, 0.05) is 18.0 Å². The predicted molar refractivity (Wildman–Crippen MR) is 87.8 cm³/mol. The number of hydrogen-bond acceptors (Lipinski definition) is 4. The molecule has 22 heavy (non-hydrogen) atoms. The van der Waals surface area contributed by atoms with Crippen molar-refractivity contribution >= 4 is 23.6 Å². The summed E-state index contributed by atoms with van der Waals surface area (Å²) in [5, 5.41) is -0.403. The summed E-state index contributed by atoms with van der Waals surface area (Å²) in [6.07, 6.45) is 3.41. The fourth-order valence-electron chi connectivity index (χ4n) is 2.53. The molecule has 120 valence electrons. The Morgan fingerprint density at radius 2 is 1.86 bits per heavy atom. The van der Waals surface area contributed by atoms with Gasteiger partial charge in [0.25, 0.3) is 0 Å². The lowest BCUT2D eigenvalue weighted by Gasteiger charge is -2.30. The van der Waals surface area contributed by atoms with E-state index in [1.165, 1.54) is 18.2 Å². The largest absolute Gasteiger partial charge is 0.466 e. The topological polar surface area (TPSA) is 46.6 Å². The van der Waals surface area contributed by atoms with Gasteiger partial charge in [-0.25, -0.2) is 0 Å². The molecule has 0 aromatic heterocycles. The van der Waals surface area contributed by atoms with E-state index in [1.54, 1.807) is 6.92 Å². The van der Waals surface area contributed by atoms with E-state index in [0.717, 1.165) is 30.8 Å². The number of rotatable bonds is 6. The Labute approximate surface area is 136 Å². The molecule has 0 N–H and O–H groups in total. The highest BCUT2D eigenvalue weighted by Gasteiger charge is 2.29. The van der Waals surface area contributed by atoms with Gasteiger partial charge in [-0.2, -0.15) is 0 Å². The fourth-order valence-corrected chi connectivity index (χ4v) is 3.64. The summed E-state index contributed by atoms with van der Waals surface area (Å²) in [7, 11) is 0. The molecule has 4 nitrogen and oxygen atoms in total. The molecule has 0 spiro atoms. The minimum absolute atomic E-state index is 0.0570. The SMILES string of the molecule is CCOC(=O)CC(Sc1ccccc1)C(=O)N1CCCCC1. The molecule has 1 aromatic rings. The lowest BCUT2D eigenvalue weighted by Crippen LogP contribution is -2.41. The van der Waals surface area contributed by atoms with Gasteiger partial charge in [0.2, 0.25) is 5.91 Å². The molecule has 1 heterocycles. The summed E-state index contributed by atoms with van der Waals surface area (Å²) in [5.74, 6) is -0.247. The van der Waals surface area contributed by atoms with Crippen molar-refractivity contribution in [2.45, 2.75) is 42.8 Å². The second-order valence-electron chi connectivity index (χ2n) is 5.31. The van der Waals surface area contributed by atoms with Crippen LogP contribution < -0.4 is 0 Å². The van der Waals surface area contributed by atoms with Gasteiger partial charge in [-0.3, -0.25) is 9.59 Å². The van der Waals surface area contributed by atoms with Crippen molar-refractivity contribution < 1.29 is 14.3 Å². The van der Waals surface area contributed by atoms with Crippen LogP contribution in [0.25, 0.3) is 0 Å². The van der Waals surface area contributed by atoms with E-state index in [9.17, 15) is 9.59 Å². The summed E-state index contributed by atoms with van der Waals surface area (Å²) >= 11 is 1.45. The molecule has 1 saturated heterocycles. The number of piperidine rings is 1. The number of amides is 1. The van der Waals surface area contributed by atoms with E-state index >= 15 is 0 Å². The maximum atomic E-state index is 12.7. The lowest BCUT2D eigenvalue weighted by molar-refractivity contribution is -0.145. The van der Waals surface area contributed by atoms with Gasteiger partial charge in [-0.15, -0.1) is 11.8 Å². The molecular formula is C17H23NO3S. The highest BCUT2D eigenvalue weighted by atomic mass is 32.2. The number of ether oxygens (including phenoxy) is 1. The molecule has 1 atom stereocenters. The maximum absolute atomic E-state index is 12.7. The minimum Gasteiger partial charge on any atom is -0.466 e. The van der Waals surface area contributed by atoms with Gasteiger partial charge in [-0.05, 0) is 38.3 Å². The van der Waals surface area contributed by atoms with Crippen LogP contribution in [-0.4, -0.2) is 41.7 Å². The molecule has 0 bridgehead atoms. The smallest absolute Gasteiger partial charge is 0.307 e. The van der Waals surface area contributed by atoms with Gasteiger partial charge in [0.1, 0.15) is 0 Å². The fraction of sp³-hybridized carbons (Fsp3) is 0.529. The van der Waals surface area contributed by atoms with E-state index < -0.39 is 5.25 Å². The van der Waals surface area contributed by atoms with Crippen LogP contribution >= 0.6 is 11.8 Å². The number of esters is 1. The van der Waals surface area contributed by atoms with Crippen molar-refractivity contribution in [2.24, 2.45) is 0 Å². The summed E-state index contributed by atoms with van der Waals surface area (Å²) < 4.78 is 5.02. The molecule has 1 aliphatic rings. The molecule has 1 aromatic carbocycles. The molecule has 0 aliphatic carbocycles. The van der Waals surface area contributed by atoms with Crippen molar-refractivity contribution in [1.82, 2.24) is 4.90 Å². The molecule has 1 amide bonds. The third-order valence-electron chi connectivity index (χ3n) is 3.62. The first-order chi connectivity index (χ1) is 10.7. The lowest BCUT2D eigenvalue weighted by atomic mass is 10.1. The number of carbonyl (C=O) groups is 2. The molecule has 0 saturated carbocycles. The van der Waals surface area contributed by atoms with Crippen LogP contribution in [0.15, 0.2) is 35.2 Å². The van der Waals surface area contributed by atoms with Gasteiger partial charge >= 0.3 is 5.97 Å². The van der Waals surface area contributed by atoms with E-state index in [0.29, 0.717) is 6.61 Å². The van der Waals surface area contributed by atoms with Gasteiger partial charge in [0.05, 0.1) is 18.3 Å². The van der Waals surface area contributed by atoms with Crippen LogP contribution in [0.5, 0.6) is 0 Å². The summed E-state index contributed by atoms with van der Waals surface area (Å²) in [5.41, 5.74) is 0. The molecule has 5 heteroatoms. The Morgan fingerprint density at radius 1 is 1.18 bits per heavy atom. The Bertz CT molecular complexity index is 486. The highest BCUT2D eigenvalue weighted by molar-refractivity contribution is 8.00. The molecular weight excluding hydrogens is 298 g/mol. The predicted octanol–water partition coefficient (Wildman–Crippen LogP) is 3.11. The van der Waals surface area contributed by atoms with Crippen LogP contribution in [0.2, 0.25) is 0 Å². The average molecular weight is 321 g/mol. The number of thioether (sulfide) groups is 1. The van der Waals surface area contributed by atoms with Gasteiger partial charge in [-0.1, -0.05) is 18.2 Å². The van der Waals surface area contributed by atoms with Crippen LogP contribution in [0, 0.1) is 0 Å². The standard InChI is InChI=1S/C17H23NO3S/c1-2-21-16(19)13-15(22-14-9-5-3-6-10-14)17(20)18-11-7-4-8-12-18/h3,5-6,9-10,15H,2,4,7-8,11-13H2,1H3. The Hall–Kier alpha value is -1.49. The quantitative estimate of drug-likeness (QED) is 0.596. The summed E-state index contributed by atoms with van der Waals surface area (Å²) in [4.78, 5) is 27.5. The first kappa shape index (κ1) is 16.9. The van der Waals surface area contributed by atoms with E-state index in [-0.39, 0.29) is 18.3 Å². The zero-order valence-corrected chi connectivity index (χ0v) is 13.8. The third-order valence-corrected chi connectivity index (χ3v) is 4.82. The van der Waals surface area contributed by atoms with Crippen LogP contribution in [0.3, 0.4) is 0 Å². The van der Waals surface area contributed by atoms with Crippen molar-refractivity contribution in [1.29, 1.82) is 0 Å². The van der Waals surface area contributed by atoms with Crippen LogP contribution in [0.1, 0.15) is 32.6 Å². The first-order valence-corrected chi connectivity index (χ1v) is 8.74.